The molecule has 140 valence electrons. The summed E-state index contributed by atoms with van der Waals surface area (Å²) in [6.45, 7) is 1.57. The number of imide groups is 1. The molecule has 2 aliphatic rings. The maximum atomic E-state index is 13.1. The van der Waals surface area contributed by atoms with Crippen molar-refractivity contribution in [1.29, 1.82) is 0 Å². The lowest BCUT2D eigenvalue weighted by Crippen LogP contribution is -2.41. The van der Waals surface area contributed by atoms with E-state index in [9.17, 15) is 14.7 Å². The van der Waals surface area contributed by atoms with E-state index in [0.717, 1.165) is 29.7 Å². The van der Waals surface area contributed by atoms with E-state index < -0.39 is 17.7 Å². The Morgan fingerprint density at radius 3 is 2.70 bits per heavy atom. The fraction of sp³-hybridized carbons (Fsp3) is 0.333. The van der Waals surface area contributed by atoms with Gasteiger partial charge in [-0.2, -0.15) is 0 Å². The summed E-state index contributed by atoms with van der Waals surface area (Å²) in [5.41, 5.74) is 2.69. The van der Waals surface area contributed by atoms with Gasteiger partial charge in [0.2, 0.25) is 0 Å². The smallest absolute Gasteiger partial charge is 0.325 e. The van der Waals surface area contributed by atoms with E-state index in [1.807, 2.05) is 18.2 Å². The highest BCUT2D eigenvalue weighted by Crippen LogP contribution is 2.34. The zero-order valence-electron chi connectivity index (χ0n) is 15.0. The number of β-amino-alcohol motifs (C(OH)–C–C–N with tert-alkyl or cyclic N) is 1. The number of hydrogen-bond acceptors (Lipinski definition) is 3. The van der Waals surface area contributed by atoms with Crippen molar-refractivity contribution in [3.8, 4) is 0 Å². The van der Waals surface area contributed by atoms with Crippen LogP contribution >= 0.6 is 11.6 Å². The van der Waals surface area contributed by atoms with Gasteiger partial charge in [0.25, 0.3) is 5.91 Å². The molecule has 4 rings (SSSR count). The maximum Gasteiger partial charge on any atom is 0.325 e. The molecular weight excluding hydrogens is 364 g/mol. The normalized spacial score (nSPS) is 22.7. The van der Waals surface area contributed by atoms with Gasteiger partial charge in [-0.15, -0.1) is 0 Å². The minimum Gasteiger partial charge on any atom is -0.386 e. The van der Waals surface area contributed by atoms with Crippen LogP contribution in [0.15, 0.2) is 42.5 Å². The van der Waals surface area contributed by atoms with Crippen molar-refractivity contribution in [2.24, 2.45) is 0 Å². The third kappa shape index (κ3) is 3.01. The Morgan fingerprint density at radius 1 is 1.19 bits per heavy atom. The number of aliphatic hydroxyl groups excluding tert-OH is 1. The number of carbonyl (C=O) groups excluding carboxylic acids is 2. The minimum absolute atomic E-state index is 0.144. The van der Waals surface area contributed by atoms with Gasteiger partial charge in [0, 0.05) is 10.6 Å². The van der Waals surface area contributed by atoms with Crippen LogP contribution in [0.5, 0.6) is 0 Å². The Hall–Kier alpha value is -2.37. The first kappa shape index (κ1) is 18.0. The van der Waals surface area contributed by atoms with Crippen LogP contribution in [-0.4, -0.2) is 28.5 Å². The first-order chi connectivity index (χ1) is 12.9. The number of aliphatic hydroxyl groups is 1. The van der Waals surface area contributed by atoms with Crippen LogP contribution in [0.25, 0.3) is 0 Å². The summed E-state index contributed by atoms with van der Waals surface area (Å²) < 4.78 is 0. The second-order valence-electron chi connectivity index (χ2n) is 7.35. The van der Waals surface area contributed by atoms with Gasteiger partial charge < -0.3 is 10.4 Å². The van der Waals surface area contributed by atoms with E-state index in [2.05, 4.69) is 5.32 Å². The third-order valence-electron chi connectivity index (χ3n) is 5.57. The topological polar surface area (TPSA) is 69.6 Å². The number of halogens is 1. The molecule has 1 fully saturated rings. The van der Waals surface area contributed by atoms with E-state index in [-0.39, 0.29) is 12.5 Å². The van der Waals surface area contributed by atoms with E-state index in [1.165, 1.54) is 11.1 Å². The van der Waals surface area contributed by atoms with Crippen molar-refractivity contribution in [2.45, 2.75) is 37.8 Å². The number of carbonyl (C=O) groups is 2. The number of aryl methyl sites for hydroxylation is 2. The molecule has 2 unspecified atom stereocenters. The Morgan fingerprint density at radius 2 is 1.93 bits per heavy atom. The number of nitrogens with zero attached hydrogens (tertiary/aromatic N) is 1. The third-order valence-corrected chi connectivity index (χ3v) is 5.91. The number of rotatable bonds is 4. The van der Waals surface area contributed by atoms with Crippen molar-refractivity contribution in [3.63, 3.8) is 0 Å². The number of benzene rings is 2. The van der Waals surface area contributed by atoms with Gasteiger partial charge in [-0.3, -0.25) is 9.69 Å². The quantitative estimate of drug-likeness (QED) is 0.794. The lowest BCUT2D eigenvalue weighted by atomic mass is 9.89. The molecule has 2 aromatic carbocycles. The molecule has 0 radical (unpaired) electrons. The Kier molecular flexibility index (Phi) is 4.44. The van der Waals surface area contributed by atoms with Crippen LogP contribution in [0.2, 0.25) is 5.02 Å². The van der Waals surface area contributed by atoms with Crippen molar-refractivity contribution in [3.05, 3.63) is 69.7 Å². The van der Waals surface area contributed by atoms with Gasteiger partial charge in [0.1, 0.15) is 5.54 Å². The molecule has 2 aromatic rings. The Labute approximate surface area is 162 Å². The highest BCUT2D eigenvalue weighted by molar-refractivity contribution is 6.31. The second kappa shape index (κ2) is 6.66. The summed E-state index contributed by atoms with van der Waals surface area (Å²) >= 11 is 6.12. The Bertz CT molecular complexity index is 929. The van der Waals surface area contributed by atoms with Gasteiger partial charge in [-0.1, -0.05) is 48.0 Å². The van der Waals surface area contributed by atoms with Crippen LogP contribution in [0.3, 0.4) is 0 Å². The van der Waals surface area contributed by atoms with Crippen LogP contribution < -0.4 is 5.32 Å². The molecule has 1 aliphatic carbocycles. The number of nitrogens with one attached hydrogen (secondary N) is 1. The van der Waals surface area contributed by atoms with E-state index in [1.54, 1.807) is 31.2 Å². The summed E-state index contributed by atoms with van der Waals surface area (Å²) in [6.07, 6.45) is 2.13. The van der Waals surface area contributed by atoms with Gasteiger partial charge in [0.05, 0.1) is 12.6 Å². The molecule has 0 aromatic heterocycles. The summed E-state index contributed by atoms with van der Waals surface area (Å²) in [5, 5.41) is 13.7. The molecule has 2 N–H and O–H groups in total. The average molecular weight is 385 g/mol. The largest absolute Gasteiger partial charge is 0.386 e. The maximum absolute atomic E-state index is 13.1. The first-order valence-corrected chi connectivity index (χ1v) is 9.47. The van der Waals surface area contributed by atoms with Gasteiger partial charge >= 0.3 is 6.03 Å². The van der Waals surface area contributed by atoms with Crippen LogP contribution in [0.4, 0.5) is 4.79 Å². The van der Waals surface area contributed by atoms with Crippen molar-refractivity contribution >= 4 is 23.5 Å². The van der Waals surface area contributed by atoms with Gasteiger partial charge in [-0.05, 0) is 48.9 Å². The molecule has 0 spiro atoms. The van der Waals surface area contributed by atoms with Gasteiger partial charge in [-0.25, -0.2) is 4.79 Å². The van der Waals surface area contributed by atoms with Crippen LogP contribution in [0, 0.1) is 0 Å². The molecule has 27 heavy (non-hydrogen) atoms. The fourth-order valence-corrected chi connectivity index (χ4v) is 4.22. The molecule has 3 amide bonds. The molecule has 5 nitrogen and oxygen atoms in total. The van der Waals surface area contributed by atoms with Crippen molar-refractivity contribution < 1.29 is 14.7 Å². The second-order valence-corrected chi connectivity index (χ2v) is 7.75. The number of urea groups is 1. The zero-order chi connectivity index (χ0) is 19.2. The predicted molar refractivity (Wildman–Crippen MR) is 102 cm³/mol. The molecule has 1 saturated heterocycles. The minimum atomic E-state index is -1.13. The summed E-state index contributed by atoms with van der Waals surface area (Å²) in [7, 11) is 0. The monoisotopic (exact) mass is 384 g/mol. The molecular formula is C21H21ClN2O3. The molecule has 0 saturated carbocycles. The summed E-state index contributed by atoms with van der Waals surface area (Å²) in [5.74, 6) is -0.364. The SMILES string of the molecule is CC1(c2ccc3c(c2)CCC3)NC(=O)N(CC(O)c2ccccc2Cl)C1=O. The fourth-order valence-electron chi connectivity index (χ4n) is 3.96. The average Bonchev–Trinajstić information content (AvgIpc) is 3.20. The highest BCUT2D eigenvalue weighted by atomic mass is 35.5. The Balaban J connectivity index is 1.59. The molecule has 2 atom stereocenters. The standard InChI is InChI=1S/C21H21ClN2O3/c1-21(15-10-9-13-5-4-6-14(13)11-15)19(26)24(20(27)23-21)12-18(25)16-7-2-3-8-17(16)22/h2-3,7-11,18,25H,4-6,12H2,1H3,(H,23,27). The predicted octanol–water partition coefficient (Wildman–Crippen LogP) is 3.33. The lowest BCUT2D eigenvalue weighted by molar-refractivity contribution is -0.132. The van der Waals surface area contributed by atoms with Crippen LogP contribution in [0.1, 0.15) is 41.7 Å². The number of amides is 3. The summed E-state index contributed by atoms with van der Waals surface area (Å²) in [6, 6.07) is 12.3. The number of hydrogen-bond donors (Lipinski definition) is 2. The van der Waals surface area contributed by atoms with E-state index >= 15 is 0 Å². The van der Waals surface area contributed by atoms with E-state index in [0.29, 0.717) is 10.6 Å². The van der Waals surface area contributed by atoms with Crippen molar-refractivity contribution in [1.82, 2.24) is 10.2 Å². The first-order valence-electron chi connectivity index (χ1n) is 9.09. The lowest BCUT2D eigenvalue weighted by Gasteiger charge is -2.24. The molecule has 6 heteroatoms. The molecule has 1 heterocycles. The van der Waals surface area contributed by atoms with Crippen molar-refractivity contribution in [2.75, 3.05) is 6.54 Å². The zero-order valence-corrected chi connectivity index (χ0v) is 15.8. The number of fused-ring (bicyclic) bond motifs is 1. The van der Waals surface area contributed by atoms with Crippen LogP contribution in [-0.2, 0) is 23.2 Å². The summed E-state index contributed by atoms with van der Waals surface area (Å²) in [4.78, 5) is 26.7. The molecule has 1 aliphatic heterocycles. The highest BCUT2D eigenvalue weighted by Gasteiger charge is 2.49. The van der Waals surface area contributed by atoms with E-state index in [4.69, 9.17) is 11.6 Å². The van der Waals surface area contributed by atoms with Gasteiger partial charge in [0.15, 0.2) is 0 Å². The molecule has 0 bridgehead atoms.